The number of hydrogen-bond acceptors (Lipinski definition) is 3. The van der Waals surface area contributed by atoms with E-state index < -0.39 is 6.61 Å². The molecular weight excluding hydrogens is 274 g/mol. The van der Waals surface area contributed by atoms with Crippen LogP contribution in [0.15, 0.2) is 36.4 Å². The Hall–Kier alpha value is -1.88. The molecule has 1 saturated heterocycles. The van der Waals surface area contributed by atoms with E-state index in [-0.39, 0.29) is 11.8 Å². The van der Waals surface area contributed by atoms with Crippen LogP contribution in [0.25, 0.3) is 10.8 Å². The van der Waals surface area contributed by atoms with E-state index >= 15 is 0 Å². The van der Waals surface area contributed by atoms with Crippen LogP contribution in [-0.2, 0) is 0 Å². The number of rotatable bonds is 3. The van der Waals surface area contributed by atoms with Crippen molar-refractivity contribution in [3.05, 3.63) is 36.4 Å². The zero-order valence-corrected chi connectivity index (χ0v) is 11.6. The van der Waals surface area contributed by atoms with Gasteiger partial charge in [0.1, 0.15) is 5.75 Å². The Morgan fingerprint density at radius 1 is 1.14 bits per heavy atom. The van der Waals surface area contributed by atoms with Gasteiger partial charge in [0.15, 0.2) is 0 Å². The van der Waals surface area contributed by atoms with Crippen LogP contribution in [0.3, 0.4) is 0 Å². The van der Waals surface area contributed by atoms with Crippen molar-refractivity contribution < 1.29 is 13.5 Å². The molecule has 3 nitrogen and oxygen atoms in total. The zero-order valence-electron chi connectivity index (χ0n) is 11.6. The smallest absolute Gasteiger partial charge is 0.387 e. The first-order valence-corrected chi connectivity index (χ1v) is 7.11. The molecule has 1 heterocycles. The van der Waals surface area contributed by atoms with Crippen molar-refractivity contribution in [3.8, 4) is 5.75 Å². The lowest BCUT2D eigenvalue weighted by Gasteiger charge is -2.32. The van der Waals surface area contributed by atoms with Crippen LogP contribution in [0.2, 0.25) is 0 Å². The van der Waals surface area contributed by atoms with Crippen molar-refractivity contribution in [2.24, 2.45) is 5.73 Å². The van der Waals surface area contributed by atoms with Gasteiger partial charge in [0.2, 0.25) is 0 Å². The van der Waals surface area contributed by atoms with Crippen LogP contribution < -0.4 is 15.4 Å². The fourth-order valence-electron chi connectivity index (χ4n) is 2.83. The number of ether oxygens (including phenoxy) is 1. The summed E-state index contributed by atoms with van der Waals surface area (Å²) in [6.07, 6.45) is 2.17. The second-order valence-corrected chi connectivity index (χ2v) is 5.42. The molecule has 1 aliphatic rings. The number of nitrogens with two attached hydrogens (primary N) is 1. The van der Waals surface area contributed by atoms with Crippen LogP contribution in [0, 0.1) is 0 Å². The van der Waals surface area contributed by atoms with Gasteiger partial charge in [-0.25, -0.2) is 0 Å². The molecule has 0 bridgehead atoms. The lowest BCUT2D eigenvalue weighted by molar-refractivity contribution is -0.0497. The van der Waals surface area contributed by atoms with Gasteiger partial charge >= 0.3 is 6.61 Å². The van der Waals surface area contributed by atoms with Crippen molar-refractivity contribution in [1.82, 2.24) is 0 Å². The number of fused-ring (bicyclic) bond motifs is 1. The summed E-state index contributed by atoms with van der Waals surface area (Å²) in [5.74, 6) is 0.185. The van der Waals surface area contributed by atoms with E-state index in [9.17, 15) is 8.78 Å². The molecule has 1 fully saturated rings. The molecule has 0 amide bonds. The Morgan fingerprint density at radius 3 is 2.67 bits per heavy atom. The fraction of sp³-hybridized carbons (Fsp3) is 0.375. The van der Waals surface area contributed by atoms with E-state index in [4.69, 9.17) is 5.73 Å². The highest BCUT2D eigenvalue weighted by Gasteiger charge is 2.17. The third-order valence-electron chi connectivity index (χ3n) is 3.84. The maximum absolute atomic E-state index is 12.2. The molecule has 1 unspecified atom stereocenters. The van der Waals surface area contributed by atoms with E-state index in [0.29, 0.717) is 0 Å². The first-order chi connectivity index (χ1) is 10.1. The molecule has 5 heteroatoms. The second-order valence-electron chi connectivity index (χ2n) is 5.42. The summed E-state index contributed by atoms with van der Waals surface area (Å²) in [6.45, 7) is -0.930. The number of halogens is 2. The number of nitrogens with zero attached hydrogens (tertiary/aromatic N) is 1. The van der Waals surface area contributed by atoms with Gasteiger partial charge < -0.3 is 15.4 Å². The topological polar surface area (TPSA) is 38.5 Å². The molecule has 0 aromatic heterocycles. The SMILES string of the molecule is NC1CCCN(c2ccc3cc(OC(F)F)ccc3c2)C1. The summed E-state index contributed by atoms with van der Waals surface area (Å²) in [6, 6.07) is 11.2. The molecular formula is C16H18F2N2O. The highest BCUT2D eigenvalue weighted by Crippen LogP contribution is 2.27. The van der Waals surface area contributed by atoms with Gasteiger partial charge in [-0.05, 0) is 47.9 Å². The number of hydrogen-bond donors (Lipinski definition) is 1. The zero-order chi connectivity index (χ0) is 14.8. The van der Waals surface area contributed by atoms with E-state index in [1.54, 1.807) is 18.2 Å². The quantitative estimate of drug-likeness (QED) is 0.942. The minimum Gasteiger partial charge on any atom is -0.435 e. The van der Waals surface area contributed by atoms with Gasteiger partial charge in [-0.2, -0.15) is 8.78 Å². The molecule has 2 N–H and O–H groups in total. The van der Waals surface area contributed by atoms with E-state index in [1.165, 1.54) is 0 Å². The third-order valence-corrected chi connectivity index (χ3v) is 3.84. The monoisotopic (exact) mass is 292 g/mol. The number of benzene rings is 2. The first kappa shape index (κ1) is 14.1. The second kappa shape index (κ2) is 5.85. The van der Waals surface area contributed by atoms with Gasteiger partial charge in [0.05, 0.1) is 0 Å². The minimum atomic E-state index is -2.79. The van der Waals surface area contributed by atoms with Crippen LogP contribution >= 0.6 is 0 Å². The molecule has 1 aliphatic heterocycles. The van der Waals surface area contributed by atoms with Crippen molar-refractivity contribution in [2.75, 3.05) is 18.0 Å². The lowest BCUT2D eigenvalue weighted by Crippen LogP contribution is -2.42. The third kappa shape index (κ3) is 3.24. The molecule has 2 aromatic carbocycles. The highest BCUT2D eigenvalue weighted by molar-refractivity contribution is 5.87. The minimum absolute atomic E-state index is 0.185. The largest absolute Gasteiger partial charge is 0.435 e. The molecule has 112 valence electrons. The van der Waals surface area contributed by atoms with Gasteiger partial charge in [0, 0.05) is 24.8 Å². The van der Waals surface area contributed by atoms with Gasteiger partial charge in [-0.1, -0.05) is 12.1 Å². The van der Waals surface area contributed by atoms with E-state index in [0.717, 1.165) is 42.4 Å². The van der Waals surface area contributed by atoms with Crippen molar-refractivity contribution in [2.45, 2.75) is 25.5 Å². The molecule has 0 saturated carbocycles. The normalized spacial score (nSPS) is 19.2. The molecule has 2 aromatic rings. The van der Waals surface area contributed by atoms with Gasteiger partial charge in [-0.3, -0.25) is 0 Å². The maximum Gasteiger partial charge on any atom is 0.387 e. The van der Waals surface area contributed by atoms with Crippen molar-refractivity contribution in [1.29, 1.82) is 0 Å². The molecule has 1 atom stereocenters. The first-order valence-electron chi connectivity index (χ1n) is 7.11. The van der Waals surface area contributed by atoms with Crippen molar-refractivity contribution in [3.63, 3.8) is 0 Å². The summed E-state index contributed by atoms with van der Waals surface area (Å²) in [5, 5.41) is 1.89. The predicted octanol–water partition coefficient (Wildman–Crippen LogP) is 3.37. The van der Waals surface area contributed by atoms with Gasteiger partial charge in [-0.15, -0.1) is 0 Å². The summed E-state index contributed by atoms with van der Waals surface area (Å²) < 4.78 is 28.9. The number of piperidine rings is 1. The molecule has 0 spiro atoms. The van der Waals surface area contributed by atoms with Gasteiger partial charge in [0.25, 0.3) is 0 Å². The molecule has 3 rings (SSSR count). The van der Waals surface area contributed by atoms with E-state index in [2.05, 4.69) is 15.7 Å². The standard InChI is InChI=1S/C16H18F2N2O/c17-16(18)21-15-6-4-11-8-14(5-3-12(11)9-15)20-7-1-2-13(19)10-20/h3-6,8-9,13,16H,1-2,7,10,19H2. The Balaban J connectivity index is 1.86. The summed E-state index contributed by atoms with van der Waals surface area (Å²) in [4.78, 5) is 2.27. The molecule has 0 aliphatic carbocycles. The number of anilines is 1. The highest BCUT2D eigenvalue weighted by atomic mass is 19.3. The summed E-state index contributed by atoms with van der Waals surface area (Å²) in [7, 11) is 0. The van der Waals surface area contributed by atoms with Crippen LogP contribution in [0.5, 0.6) is 5.75 Å². The summed E-state index contributed by atoms with van der Waals surface area (Å²) >= 11 is 0. The Bertz CT molecular complexity index is 633. The van der Waals surface area contributed by atoms with Crippen LogP contribution in [-0.4, -0.2) is 25.7 Å². The lowest BCUT2D eigenvalue weighted by atomic mass is 10.0. The Labute approximate surface area is 122 Å². The average Bonchev–Trinajstić information content (AvgIpc) is 2.46. The summed E-state index contributed by atoms with van der Waals surface area (Å²) in [5.41, 5.74) is 7.14. The maximum atomic E-state index is 12.2. The average molecular weight is 292 g/mol. The van der Waals surface area contributed by atoms with Crippen LogP contribution in [0.4, 0.5) is 14.5 Å². The molecule has 0 radical (unpaired) electrons. The van der Waals surface area contributed by atoms with Crippen LogP contribution in [0.1, 0.15) is 12.8 Å². The predicted molar refractivity (Wildman–Crippen MR) is 80.0 cm³/mol. The molecule has 21 heavy (non-hydrogen) atoms. The van der Waals surface area contributed by atoms with E-state index in [1.807, 2.05) is 12.1 Å². The fourth-order valence-corrected chi connectivity index (χ4v) is 2.83. The Kier molecular flexibility index (Phi) is 3.92. The van der Waals surface area contributed by atoms with Crippen molar-refractivity contribution >= 4 is 16.5 Å². The Morgan fingerprint density at radius 2 is 1.90 bits per heavy atom. The number of alkyl halides is 2.